The summed E-state index contributed by atoms with van der Waals surface area (Å²) >= 11 is 3.38. The van der Waals surface area contributed by atoms with Crippen molar-refractivity contribution in [2.75, 3.05) is 26.3 Å². The third kappa shape index (κ3) is 5.58. The van der Waals surface area contributed by atoms with E-state index in [9.17, 15) is 5.11 Å². The quantitative estimate of drug-likeness (QED) is 0.750. The predicted molar refractivity (Wildman–Crippen MR) is 86.7 cm³/mol. The fraction of sp³-hybridized carbons (Fsp3) is 0.625. The second kappa shape index (κ2) is 8.73. The summed E-state index contributed by atoms with van der Waals surface area (Å²) < 4.78 is 12.2. The molecule has 0 spiro atoms. The number of rotatable bonds is 8. The fourth-order valence-electron chi connectivity index (χ4n) is 2.59. The van der Waals surface area contributed by atoms with Gasteiger partial charge in [0.25, 0.3) is 0 Å². The molecule has 0 saturated carbocycles. The van der Waals surface area contributed by atoms with Crippen molar-refractivity contribution in [3.63, 3.8) is 0 Å². The second-order valence-electron chi connectivity index (χ2n) is 5.44. The number of halogens is 1. The van der Waals surface area contributed by atoms with E-state index in [2.05, 4.69) is 28.2 Å². The van der Waals surface area contributed by atoms with Gasteiger partial charge in [-0.25, -0.2) is 0 Å². The van der Waals surface area contributed by atoms with E-state index in [1.807, 2.05) is 24.3 Å². The zero-order chi connectivity index (χ0) is 15.1. The molecule has 1 heterocycles. The zero-order valence-corrected chi connectivity index (χ0v) is 14.0. The predicted octanol–water partition coefficient (Wildman–Crippen LogP) is 2.59. The summed E-state index contributed by atoms with van der Waals surface area (Å²) in [7, 11) is 0. The standard InChI is InChI=1S/C16H24BrNO3/c1-2-16-12(7-8-20-16)9-18-10-14(19)11-21-15-5-3-13(17)4-6-15/h3-6,12,14,16,18-19H,2,7-11H2,1H3. The minimum Gasteiger partial charge on any atom is -0.491 e. The highest BCUT2D eigenvalue weighted by Gasteiger charge is 2.26. The highest BCUT2D eigenvalue weighted by molar-refractivity contribution is 9.10. The smallest absolute Gasteiger partial charge is 0.119 e. The molecule has 3 atom stereocenters. The summed E-state index contributed by atoms with van der Waals surface area (Å²) in [6.45, 7) is 4.76. The van der Waals surface area contributed by atoms with Crippen LogP contribution in [0.3, 0.4) is 0 Å². The summed E-state index contributed by atoms with van der Waals surface area (Å²) in [6.07, 6.45) is 2.03. The van der Waals surface area contributed by atoms with E-state index in [1.54, 1.807) is 0 Å². The normalized spacial score (nSPS) is 23.2. The van der Waals surface area contributed by atoms with Crippen LogP contribution in [0.5, 0.6) is 5.75 Å². The highest BCUT2D eigenvalue weighted by atomic mass is 79.9. The van der Waals surface area contributed by atoms with Crippen LogP contribution in [0.4, 0.5) is 0 Å². The van der Waals surface area contributed by atoms with Gasteiger partial charge in [-0.2, -0.15) is 0 Å². The largest absolute Gasteiger partial charge is 0.491 e. The molecule has 2 rings (SSSR count). The third-order valence-corrected chi connectivity index (χ3v) is 4.32. The van der Waals surface area contributed by atoms with Crippen molar-refractivity contribution in [2.45, 2.75) is 32.0 Å². The van der Waals surface area contributed by atoms with Crippen LogP contribution in [-0.4, -0.2) is 43.6 Å². The number of benzene rings is 1. The zero-order valence-electron chi connectivity index (χ0n) is 12.4. The van der Waals surface area contributed by atoms with Gasteiger partial charge >= 0.3 is 0 Å². The Kier molecular flexibility index (Phi) is 6.96. The van der Waals surface area contributed by atoms with Gasteiger partial charge in [-0.3, -0.25) is 0 Å². The van der Waals surface area contributed by atoms with Crippen molar-refractivity contribution in [1.29, 1.82) is 0 Å². The SMILES string of the molecule is CCC1OCCC1CNCC(O)COc1ccc(Br)cc1. The average molecular weight is 358 g/mol. The number of aliphatic hydroxyl groups is 1. The molecular weight excluding hydrogens is 334 g/mol. The van der Waals surface area contributed by atoms with Crippen molar-refractivity contribution in [3.05, 3.63) is 28.7 Å². The Labute approximate surface area is 135 Å². The molecule has 0 amide bonds. The first-order valence-corrected chi connectivity index (χ1v) is 8.37. The maximum absolute atomic E-state index is 9.93. The van der Waals surface area contributed by atoms with Crippen molar-refractivity contribution in [3.8, 4) is 5.75 Å². The number of aliphatic hydroxyl groups excluding tert-OH is 1. The van der Waals surface area contributed by atoms with E-state index in [0.29, 0.717) is 25.2 Å². The van der Waals surface area contributed by atoms with Crippen LogP contribution in [-0.2, 0) is 4.74 Å². The van der Waals surface area contributed by atoms with Gasteiger partial charge in [0.1, 0.15) is 18.5 Å². The molecule has 0 aliphatic carbocycles. The first kappa shape index (κ1) is 16.7. The lowest BCUT2D eigenvalue weighted by Gasteiger charge is -2.19. The van der Waals surface area contributed by atoms with E-state index in [4.69, 9.17) is 9.47 Å². The van der Waals surface area contributed by atoms with E-state index < -0.39 is 6.10 Å². The van der Waals surface area contributed by atoms with Crippen LogP contribution >= 0.6 is 15.9 Å². The molecule has 0 radical (unpaired) electrons. The van der Waals surface area contributed by atoms with Gasteiger partial charge in [0.05, 0.1) is 6.10 Å². The third-order valence-electron chi connectivity index (χ3n) is 3.79. The van der Waals surface area contributed by atoms with E-state index >= 15 is 0 Å². The van der Waals surface area contributed by atoms with Crippen molar-refractivity contribution in [1.82, 2.24) is 5.32 Å². The monoisotopic (exact) mass is 357 g/mol. The fourth-order valence-corrected chi connectivity index (χ4v) is 2.86. The summed E-state index contributed by atoms with van der Waals surface area (Å²) in [4.78, 5) is 0. The first-order chi connectivity index (χ1) is 10.2. The second-order valence-corrected chi connectivity index (χ2v) is 6.36. The Morgan fingerprint density at radius 2 is 2.19 bits per heavy atom. The molecule has 0 aromatic heterocycles. The highest BCUT2D eigenvalue weighted by Crippen LogP contribution is 2.22. The maximum Gasteiger partial charge on any atom is 0.119 e. The number of hydrogen-bond acceptors (Lipinski definition) is 4. The van der Waals surface area contributed by atoms with Crippen LogP contribution in [0.1, 0.15) is 19.8 Å². The topological polar surface area (TPSA) is 50.7 Å². The van der Waals surface area contributed by atoms with Gasteiger partial charge in [0.15, 0.2) is 0 Å². The molecule has 1 aliphatic heterocycles. The lowest BCUT2D eigenvalue weighted by atomic mass is 10.00. The molecule has 4 nitrogen and oxygen atoms in total. The van der Waals surface area contributed by atoms with Crippen LogP contribution in [0.2, 0.25) is 0 Å². The minimum atomic E-state index is -0.504. The Hall–Kier alpha value is -0.620. The van der Waals surface area contributed by atoms with Gasteiger partial charge < -0.3 is 19.9 Å². The van der Waals surface area contributed by atoms with Crippen LogP contribution in [0.25, 0.3) is 0 Å². The van der Waals surface area contributed by atoms with Crippen molar-refractivity contribution < 1.29 is 14.6 Å². The maximum atomic E-state index is 9.93. The van der Waals surface area contributed by atoms with Gasteiger partial charge in [-0.15, -0.1) is 0 Å². The molecular formula is C16H24BrNO3. The van der Waals surface area contributed by atoms with Gasteiger partial charge in [0.2, 0.25) is 0 Å². The van der Waals surface area contributed by atoms with Crippen LogP contribution < -0.4 is 10.1 Å². The van der Waals surface area contributed by atoms with Crippen LogP contribution in [0.15, 0.2) is 28.7 Å². The van der Waals surface area contributed by atoms with Crippen molar-refractivity contribution >= 4 is 15.9 Å². The molecule has 0 bridgehead atoms. The van der Waals surface area contributed by atoms with Gasteiger partial charge in [0, 0.05) is 24.2 Å². The van der Waals surface area contributed by atoms with Crippen LogP contribution in [0, 0.1) is 5.92 Å². The number of ether oxygens (including phenoxy) is 2. The number of hydrogen-bond donors (Lipinski definition) is 2. The molecule has 1 aromatic rings. The lowest BCUT2D eigenvalue weighted by molar-refractivity contribution is 0.0823. The van der Waals surface area contributed by atoms with Crippen molar-refractivity contribution in [2.24, 2.45) is 5.92 Å². The summed E-state index contributed by atoms with van der Waals surface area (Å²) in [5.74, 6) is 1.34. The van der Waals surface area contributed by atoms with E-state index in [0.717, 1.165) is 36.2 Å². The summed E-state index contributed by atoms with van der Waals surface area (Å²) in [6, 6.07) is 7.60. The van der Waals surface area contributed by atoms with Gasteiger partial charge in [-0.05, 0) is 43.0 Å². The Morgan fingerprint density at radius 1 is 1.43 bits per heavy atom. The molecule has 1 aromatic carbocycles. The lowest BCUT2D eigenvalue weighted by Crippen LogP contribution is -2.36. The Morgan fingerprint density at radius 3 is 2.90 bits per heavy atom. The van der Waals surface area contributed by atoms with E-state index in [1.165, 1.54) is 0 Å². The molecule has 1 aliphatic rings. The summed E-state index contributed by atoms with van der Waals surface area (Å²) in [5, 5.41) is 13.3. The molecule has 1 saturated heterocycles. The molecule has 118 valence electrons. The Bertz CT molecular complexity index is 412. The molecule has 5 heteroatoms. The molecule has 3 unspecified atom stereocenters. The Balaban J connectivity index is 1.61. The summed E-state index contributed by atoms with van der Waals surface area (Å²) in [5.41, 5.74) is 0. The van der Waals surface area contributed by atoms with Gasteiger partial charge in [-0.1, -0.05) is 22.9 Å². The van der Waals surface area contributed by atoms with E-state index in [-0.39, 0.29) is 0 Å². The minimum absolute atomic E-state index is 0.299. The molecule has 2 N–H and O–H groups in total. The first-order valence-electron chi connectivity index (χ1n) is 7.57. The molecule has 21 heavy (non-hydrogen) atoms. The molecule has 1 fully saturated rings. The average Bonchev–Trinajstić information content (AvgIpc) is 2.94. The number of nitrogens with one attached hydrogen (secondary N) is 1.